The molecule has 0 bridgehead atoms. The molecule has 0 aromatic rings. The highest BCUT2D eigenvalue weighted by atomic mass is 16.2. The normalized spacial score (nSPS) is 25.3. The number of nitrogens with two attached hydrogens (primary N) is 1. The van der Waals surface area contributed by atoms with Crippen molar-refractivity contribution in [1.29, 1.82) is 0 Å². The number of carbonyl (C=O) groups excluding carboxylic acids is 2. The third-order valence-corrected chi connectivity index (χ3v) is 4.13. The van der Waals surface area contributed by atoms with E-state index in [1.165, 1.54) is 0 Å². The van der Waals surface area contributed by atoms with Crippen LogP contribution in [0.15, 0.2) is 0 Å². The molecule has 0 saturated carbocycles. The molecule has 2 unspecified atom stereocenters. The molecule has 1 aliphatic rings. The third kappa shape index (κ3) is 4.20. The van der Waals surface area contributed by atoms with Gasteiger partial charge in [0.2, 0.25) is 11.8 Å². The van der Waals surface area contributed by atoms with Crippen LogP contribution < -0.4 is 11.1 Å². The number of nitrogens with zero attached hydrogens (tertiary/aromatic N) is 1. The van der Waals surface area contributed by atoms with E-state index in [-0.39, 0.29) is 30.3 Å². The van der Waals surface area contributed by atoms with E-state index >= 15 is 0 Å². The van der Waals surface area contributed by atoms with Crippen molar-refractivity contribution < 1.29 is 9.59 Å². The maximum absolute atomic E-state index is 12.1. The molecular formula is C14H27N3O2. The van der Waals surface area contributed by atoms with Gasteiger partial charge in [0.1, 0.15) is 0 Å². The summed E-state index contributed by atoms with van der Waals surface area (Å²) < 4.78 is 0. The van der Waals surface area contributed by atoms with Gasteiger partial charge in [0.15, 0.2) is 0 Å². The van der Waals surface area contributed by atoms with Gasteiger partial charge in [-0.25, -0.2) is 0 Å². The zero-order valence-electron chi connectivity index (χ0n) is 12.5. The molecule has 1 rings (SSSR count). The van der Waals surface area contributed by atoms with Crippen LogP contribution in [0.1, 0.15) is 40.5 Å². The van der Waals surface area contributed by atoms with Crippen molar-refractivity contribution in [3.63, 3.8) is 0 Å². The van der Waals surface area contributed by atoms with E-state index in [9.17, 15) is 9.59 Å². The number of rotatable bonds is 4. The van der Waals surface area contributed by atoms with Crippen molar-refractivity contribution in [3.8, 4) is 0 Å². The maximum atomic E-state index is 12.1. The number of amides is 2. The van der Waals surface area contributed by atoms with E-state index in [1.54, 1.807) is 0 Å². The Morgan fingerprint density at radius 2 is 2.00 bits per heavy atom. The molecule has 19 heavy (non-hydrogen) atoms. The van der Waals surface area contributed by atoms with Crippen LogP contribution in [0.3, 0.4) is 0 Å². The van der Waals surface area contributed by atoms with Crippen LogP contribution in [0.4, 0.5) is 0 Å². The summed E-state index contributed by atoms with van der Waals surface area (Å²) in [5, 5.41) is 2.64. The molecule has 0 radical (unpaired) electrons. The lowest BCUT2D eigenvalue weighted by atomic mass is 9.92. The second-order valence-electron chi connectivity index (χ2n) is 5.93. The second-order valence-corrected chi connectivity index (χ2v) is 5.93. The van der Waals surface area contributed by atoms with Crippen LogP contribution in [-0.4, -0.2) is 41.9 Å². The van der Waals surface area contributed by atoms with Crippen molar-refractivity contribution in [2.24, 2.45) is 17.6 Å². The van der Waals surface area contributed by atoms with Gasteiger partial charge in [-0.2, -0.15) is 0 Å². The summed E-state index contributed by atoms with van der Waals surface area (Å²) in [5.41, 5.74) is 5.74. The molecule has 5 nitrogen and oxygen atoms in total. The average Bonchev–Trinajstić information content (AvgIpc) is 2.37. The van der Waals surface area contributed by atoms with E-state index in [0.717, 1.165) is 19.4 Å². The zero-order valence-corrected chi connectivity index (χ0v) is 12.5. The molecule has 110 valence electrons. The Kier molecular flexibility index (Phi) is 5.79. The predicted molar refractivity (Wildman–Crippen MR) is 75.4 cm³/mol. The van der Waals surface area contributed by atoms with Crippen molar-refractivity contribution in [2.45, 2.75) is 52.6 Å². The summed E-state index contributed by atoms with van der Waals surface area (Å²) in [6.07, 6.45) is 2.20. The summed E-state index contributed by atoms with van der Waals surface area (Å²) in [6.45, 7) is 8.86. The maximum Gasteiger partial charge on any atom is 0.242 e. The number of hydrogen-bond donors (Lipinski definition) is 2. The Morgan fingerprint density at radius 3 is 2.58 bits per heavy atom. The first-order valence-electron chi connectivity index (χ1n) is 7.17. The molecule has 3 atom stereocenters. The SMILES string of the molecule is CC1CCCN(C(=O)CNC(=O)[C@@H](N)C(C)C)C1C. The topological polar surface area (TPSA) is 75.4 Å². The van der Waals surface area contributed by atoms with Crippen molar-refractivity contribution >= 4 is 11.8 Å². The zero-order chi connectivity index (χ0) is 14.6. The summed E-state index contributed by atoms with van der Waals surface area (Å²) in [4.78, 5) is 25.7. The van der Waals surface area contributed by atoms with Crippen LogP contribution in [0.5, 0.6) is 0 Å². The standard InChI is InChI=1S/C14H27N3O2/c1-9(2)13(15)14(19)16-8-12(18)17-7-5-6-10(3)11(17)4/h9-11,13H,5-8,15H2,1-4H3,(H,16,19)/t10?,11?,13-/m0/s1. The minimum absolute atomic E-state index is 0.0108. The lowest BCUT2D eigenvalue weighted by Crippen LogP contribution is -2.52. The molecular weight excluding hydrogens is 242 g/mol. The summed E-state index contributed by atoms with van der Waals surface area (Å²) in [6, 6.07) is -0.303. The fourth-order valence-electron chi connectivity index (χ4n) is 2.37. The summed E-state index contributed by atoms with van der Waals surface area (Å²) in [5.74, 6) is 0.333. The van der Waals surface area contributed by atoms with Crippen LogP contribution in [-0.2, 0) is 9.59 Å². The largest absolute Gasteiger partial charge is 0.346 e. The van der Waals surface area contributed by atoms with Crippen LogP contribution in [0, 0.1) is 11.8 Å². The Bertz CT molecular complexity index is 331. The Hall–Kier alpha value is -1.10. The van der Waals surface area contributed by atoms with E-state index in [0.29, 0.717) is 5.92 Å². The highest BCUT2D eigenvalue weighted by Crippen LogP contribution is 2.22. The van der Waals surface area contributed by atoms with Gasteiger partial charge in [-0.3, -0.25) is 9.59 Å². The third-order valence-electron chi connectivity index (χ3n) is 4.13. The minimum atomic E-state index is -0.550. The Morgan fingerprint density at radius 1 is 1.37 bits per heavy atom. The van der Waals surface area contributed by atoms with Gasteiger partial charge in [0.05, 0.1) is 12.6 Å². The van der Waals surface area contributed by atoms with E-state index in [2.05, 4.69) is 19.2 Å². The van der Waals surface area contributed by atoms with Gasteiger partial charge in [0.25, 0.3) is 0 Å². The fourth-order valence-corrected chi connectivity index (χ4v) is 2.37. The molecule has 0 spiro atoms. The monoisotopic (exact) mass is 269 g/mol. The number of piperidine rings is 1. The summed E-state index contributed by atoms with van der Waals surface area (Å²) >= 11 is 0. The van der Waals surface area contributed by atoms with Crippen LogP contribution in [0.25, 0.3) is 0 Å². The Balaban J connectivity index is 2.45. The van der Waals surface area contributed by atoms with Gasteiger partial charge in [-0.15, -0.1) is 0 Å². The first kappa shape index (κ1) is 16.0. The van der Waals surface area contributed by atoms with E-state index in [4.69, 9.17) is 5.73 Å². The molecule has 1 fully saturated rings. The van der Waals surface area contributed by atoms with Crippen molar-refractivity contribution in [2.75, 3.05) is 13.1 Å². The summed E-state index contributed by atoms with van der Waals surface area (Å²) in [7, 11) is 0. The number of nitrogens with one attached hydrogen (secondary N) is 1. The first-order chi connectivity index (χ1) is 8.84. The molecule has 2 amide bonds. The first-order valence-corrected chi connectivity index (χ1v) is 7.17. The number of hydrogen-bond acceptors (Lipinski definition) is 3. The minimum Gasteiger partial charge on any atom is -0.346 e. The predicted octanol–water partition coefficient (Wildman–Crippen LogP) is 0.733. The van der Waals surface area contributed by atoms with Gasteiger partial charge < -0.3 is 16.0 Å². The Labute approximate surface area is 115 Å². The van der Waals surface area contributed by atoms with Crippen molar-refractivity contribution in [1.82, 2.24) is 10.2 Å². The van der Waals surface area contributed by atoms with E-state index in [1.807, 2.05) is 18.7 Å². The molecule has 5 heteroatoms. The molecule has 3 N–H and O–H groups in total. The van der Waals surface area contributed by atoms with Gasteiger partial charge >= 0.3 is 0 Å². The number of likely N-dealkylation sites (tertiary alicyclic amines) is 1. The quantitative estimate of drug-likeness (QED) is 0.790. The highest BCUT2D eigenvalue weighted by Gasteiger charge is 2.28. The van der Waals surface area contributed by atoms with Crippen molar-refractivity contribution in [3.05, 3.63) is 0 Å². The number of carbonyl (C=O) groups is 2. The van der Waals surface area contributed by atoms with Gasteiger partial charge in [-0.1, -0.05) is 20.8 Å². The fraction of sp³-hybridized carbons (Fsp3) is 0.857. The van der Waals surface area contributed by atoms with Crippen LogP contribution >= 0.6 is 0 Å². The van der Waals surface area contributed by atoms with Crippen LogP contribution in [0.2, 0.25) is 0 Å². The molecule has 1 aliphatic heterocycles. The van der Waals surface area contributed by atoms with Gasteiger partial charge in [-0.05, 0) is 31.6 Å². The lowest BCUT2D eigenvalue weighted by molar-refractivity contribution is -0.137. The molecule has 0 aromatic heterocycles. The van der Waals surface area contributed by atoms with Gasteiger partial charge in [0, 0.05) is 12.6 Å². The molecule has 0 aliphatic carbocycles. The molecule has 0 aromatic carbocycles. The lowest BCUT2D eigenvalue weighted by Gasteiger charge is -2.38. The molecule has 1 heterocycles. The van der Waals surface area contributed by atoms with E-state index < -0.39 is 6.04 Å². The smallest absolute Gasteiger partial charge is 0.242 e. The average molecular weight is 269 g/mol. The molecule has 1 saturated heterocycles. The second kappa shape index (κ2) is 6.89. The highest BCUT2D eigenvalue weighted by molar-refractivity contribution is 5.87.